The molecule has 3 aromatic rings. The number of piperidine rings is 1. The van der Waals surface area contributed by atoms with Crippen LogP contribution in [0.1, 0.15) is 57.8 Å². The molecule has 2 aliphatic rings. The van der Waals surface area contributed by atoms with Gasteiger partial charge in [0.2, 0.25) is 0 Å². The summed E-state index contributed by atoms with van der Waals surface area (Å²) in [5.74, 6) is -1.18. The summed E-state index contributed by atoms with van der Waals surface area (Å²) >= 11 is 0. The minimum absolute atomic E-state index is 0.0285. The van der Waals surface area contributed by atoms with Crippen LogP contribution in [0.2, 0.25) is 0 Å². The van der Waals surface area contributed by atoms with Crippen molar-refractivity contribution in [1.29, 1.82) is 0 Å². The summed E-state index contributed by atoms with van der Waals surface area (Å²) in [4.78, 5) is 51.0. The minimum atomic E-state index is -0.662. The maximum absolute atomic E-state index is 13.7. The average Bonchev–Trinajstić information content (AvgIpc) is 3.41. The Morgan fingerprint density at radius 1 is 1.07 bits per heavy atom. The first-order valence-corrected chi connectivity index (χ1v) is 13.6. The number of Topliss-reactive ketones (excluding diaryl/α,β-unsaturated/α-hetero) is 2. The van der Waals surface area contributed by atoms with Gasteiger partial charge in [-0.1, -0.05) is 48.5 Å². The van der Waals surface area contributed by atoms with E-state index in [-0.39, 0.29) is 37.1 Å². The number of hydrogen-bond donors (Lipinski definition) is 1. The van der Waals surface area contributed by atoms with Crippen molar-refractivity contribution in [1.82, 2.24) is 15.4 Å². The fourth-order valence-electron chi connectivity index (χ4n) is 5.43. The normalized spacial score (nSPS) is 17.0. The molecule has 40 heavy (non-hydrogen) atoms. The van der Waals surface area contributed by atoms with E-state index in [1.807, 2.05) is 54.6 Å². The molecule has 1 aliphatic heterocycles. The van der Waals surface area contributed by atoms with E-state index in [0.717, 1.165) is 34.4 Å². The Morgan fingerprint density at radius 2 is 1.88 bits per heavy atom. The van der Waals surface area contributed by atoms with E-state index in [1.165, 1.54) is 0 Å². The number of amides is 1. The molecule has 8 nitrogen and oxygen atoms in total. The van der Waals surface area contributed by atoms with Crippen LogP contribution in [0.3, 0.4) is 0 Å². The monoisotopic (exact) mass is 539 g/mol. The quantitative estimate of drug-likeness (QED) is 0.283. The van der Waals surface area contributed by atoms with Gasteiger partial charge in [0.25, 0.3) is 0 Å². The highest BCUT2D eigenvalue weighted by atomic mass is 16.6. The minimum Gasteiger partial charge on any atom is -0.445 e. The molecule has 2 atom stereocenters. The topological polar surface area (TPSA) is 97.8 Å². The van der Waals surface area contributed by atoms with Gasteiger partial charge in [-0.25, -0.2) is 4.79 Å². The molecular weight excluding hydrogens is 506 g/mol. The van der Waals surface area contributed by atoms with Crippen LogP contribution < -0.4 is 5.48 Å². The Kier molecular flexibility index (Phi) is 8.66. The zero-order valence-corrected chi connectivity index (χ0v) is 22.5. The van der Waals surface area contributed by atoms with Crippen molar-refractivity contribution in [2.24, 2.45) is 5.92 Å². The highest BCUT2D eigenvalue weighted by molar-refractivity contribution is 6.03. The van der Waals surface area contributed by atoms with E-state index in [1.54, 1.807) is 36.5 Å². The predicted octanol–water partition coefficient (Wildman–Crippen LogP) is 5.10. The van der Waals surface area contributed by atoms with Gasteiger partial charge in [-0.15, -0.1) is 0 Å². The zero-order valence-electron chi connectivity index (χ0n) is 22.5. The number of hydroxylamine groups is 1. The summed E-state index contributed by atoms with van der Waals surface area (Å²) in [7, 11) is 1.56. The van der Waals surface area contributed by atoms with Crippen LogP contribution in [-0.2, 0) is 27.4 Å². The third-order valence-electron chi connectivity index (χ3n) is 7.59. The maximum Gasteiger partial charge on any atom is 0.410 e. The first-order chi connectivity index (χ1) is 19.5. The number of hydrogen-bond acceptors (Lipinski definition) is 7. The number of benzene rings is 2. The van der Waals surface area contributed by atoms with E-state index >= 15 is 0 Å². The number of carbonyl (C=O) groups is 3. The number of likely N-dealkylation sites (tertiary alicyclic amines) is 1. The Balaban J connectivity index is 1.32. The molecular formula is C32H33N3O5. The van der Waals surface area contributed by atoms with Crippen molar-refractivity contribution in [3.8, 4) is 0 Å². The number of nitrogens with one attached hydrogen (secondary N) is 1. The number of carbonyl (C=O) groups excluding carboxylic acids is 3. The molecule has 0 spiro atoms. The largest absolute Gasteiger partial charge is 0.445 e. The molecule has 0 bridgehead atoms. The molecule has 1 fully saturated rings. The van der Waals surface area contributed by atoms with E-state index < -0.39 is 12.0 Å². The van der Waals surface area contributed by atoms with Gasteiger partial charge in [0, 0.05) is 48.9 Å². The van der Waals surface area contributed by atoms with Crippen LogP contribution in [-0.4, -0.2) is 47.7 Å². The Labute approximate surface area is 234 Å². The van der Waals surface area contributed by atoms with Gasteiger partial charge in [0.15, 0.2) is 5.78 Å². The summed E-state index contributed by atoms with van der Waals surface area (Å²) in [6, 6.07) is 18.8. The second kappa shape index (κ2) is 12.7. The van der Waals surface area contributed by atoms with Gasteiger partial charge < -0.3 is 9.64 Å². The van der Waals surface area contributed by atoms with Gasteiger partial charge in [-0.2, -0.15) is 0 Å². The van der Waals surface area contributed by atoms with E-state index in [9.17, 15) is 14.4 Å². The summed E-state index contributed by atoms with van der Waals surface area (Å²) < 4.78 is 5.51. The second-order valence-corrected chi connectivity index (χ2v) is 10.2. The fourth-order valence-corrected chi connectivity index (χ4v) is 5.43. The lowest BCUT2D eigenvalue weighted by molar-refractivity contribution is -0.124. The fraction of sp³-hybridized carbons (Fsp3) is 0.312. The SMILES string of the molecule is CONC1=CCc2ccc(C(CC(=O)C3CCCN(C(=O)OCc4ccccc4)C3)C(=O)c3ccncc3)cc21. The Bertz CT molecular complexity index is 1390. The highest BCUT2D eigenvalue weighted by Gasteiger charge is 2.33. The number of ketones is 2. The van der Waals surface area contributed by atoms with E-state index in [0.29, 0.717) is 24.9 Å². The van der Waals surface area contributed by atoms with Crippen molar-refractivity contribution in [2.45, 2.75) is 38.2 Å². The van der Waals surface area contributed by atoms with Crippen LogP contribution in [0.5, 0.6) is 0 Å². The van der Waals surface area contributed by atoms with Gasteiger partial charge in [0.1, 0.15) is 12.4 Å². The van der Waals surface area contributed by atoms with E-state index in [2.05, 4.69) is 10.5 Å². The van der Waals surface area contributed by atoms with Gasteiger partial charge in [-0.05, 0) is 54.2 Å². The lowest BCUT2D eigenvalue weighted by Crippen LogP contribution is -2.43. The molecule has 1 N–H and O–H groups in total. The third-order valence-corrected chi connectivity index (χ3v) is 7.59. The van der Waals surface area contributed by atoms with Crippen LogP contribution >= 0.6 is 0 Å². The number of fused-ring (bicyclic) bond motifs is 1. The lowest BCUT2D eigenvalue weighted by Gasteiger charge is -2.32. The van der Waals surface area contributed by atoms with Crippen LogP contribution in [0.15, 0.2) is 79.1 Å². The molecule has 0 saturated carbocycles. The van der Waals surface area contributed by atoms with Crippen molar-refractivity contribution in [2.75, 3.05) is 20.2 Å². The number of allylic oxidation sites excluding steroid dienone is 1. The predicted molar refractivity (Wildman–Crippen MR) is 150 cm³/mol. The second-order valence-electron chi connectivity index (χ2n) is 10.2. The summed E-state index contributed by atoms with van der Waals surface area (Å²) in [5, 5.41) is 0. The molecule has 2 heterocycles. The number of pyridine rings is 1. The molecule has 0 radical (unpaired) electrons. The number of nitrogens with zero attached hydrogens (tertiary/aromatic N) is 2. The molecule has 2 aromatic carbocycles. The van der Waals surface area contributed by atoms with Crippen LogP contribution in [0.25, 0.3) is 5.70 Å². The summed E-state index contributed by atoms with van der Waals surface area (Å²) in [5.41, 5.74) is 8.03. The Morgan fingerprint density at radius 3 is 2.65 bits per heavy atom. The van der Waals surface area contributed by atoms with Crippen molar-refractivity contribution >= 4 is 23.4 Å². The van der Waals surface area contributed by atoms with Crippen LogP contribution in [0.4, 0.5) is 4.79 Å². The van der Waals surface area contributed by atoms with Crippen molar-refractivity contribution in [3.05, 3.63) is 107 Å². The maximum atomic E-state index is 13.7. The molecule has 5 rings (SSSR count). The molecule has 1 amide bonds. The number of aromatic nitrogens is 1. The number of rotatable bonds is 10. The highest BCUT2D eigenvalue weighted by Crippen LogP contribution is 2.33. The number of ether oxygens (including phenoxy) is 1. The molecule has 1 saturated heterocycles. The summed E-state index contributed by atoms with van der Waals surface area (Å²) in [6.45, 7) is 1.02. The van der Waals surface area contributed by atoms with Gasteiger partial charge in [0.05, 0.1) is 18.7 Å². The van der Waals surface area contributed by atoms with Gasteiger partial charge >= 0.3 is 6.09 Å². The smallest absolute Gasteiger partial charge is 0.410 e. The molecule has 1 aromatic heterocycles. The lowest BCUT2D eigenvalue weighted by atomic mass is 9.81. The summed E-state index contributed by atoms with van der Waals surface area (Å²) in [6.07, 6.45) is 6.97. The third kappa shape index (κ3) is 6.29. The van der Waals surface area contributed by atoms with Crippen molar-refractivity contribution < 1.29 is 24.0 Å². The molecule has 206 valence electrons. The van der Waals surface area contributed by atoms with Gasteiger partial charge in [-0.3, -0.25) is 24.9 Å². The standard InChI is InChI=1S/C32H33N3O5/c1-39-34-29-12-11-23-9-10-25(18-27(23)29)28(31(37)24-13-15-33-16-14-24)19-30(36)26-8-5-17-35(20-26)32(38)40-21-22-6-3-2-4-7-22/h2-4,6-7,9-10,12-16,18,26,28,34H,5,8,11,17,19-21H2,1H3. The average molecular weight is 540 g/mol. The Hall–Kier alpha value is -4.30. The molecule has 2 unspecified atom stereocenters. The first-order valence-electron chi connectivity index (χ1n) is 13.6. The zero-order chi connectivity index (χ0) is 27.9. The van der Waals surface area contributed by atoms with Crippen LogP contribution in [0, 0.1) is 5.92 Å². The van der Waals surface area contributed by atoms with E-state index in [4.69, 9.17) is 9.57 Å². The molecule has 8 heteroatoms. The first kappa shape index (κ1) is 27.3. The molecule has 1 aliphatic carbocycles. The van der Waals surface area contributed by atoms with Crippen molar-refractivity contribution in [3.63, 3.8) is 0 Å².